The predicted molar refractivity (Wildman–Crippen MR) is 93.5 cm³/mol. The van der Waals surface area contributed by atoms with Gasteiger partial charge in [-0.05, 0) is 42.8 Å². The molecule has 1 aromatic carbocycles. The van der Waals surface area contributed by atoms with E-state index in [1.165, 1.54) is 30.5 Å². The van der Waals surface area contributed by atoms with Gasteiger partial charge in [-0.15, -0.1) is 0 Å². The Kier molecular flexibility index (Phi) is 5.09. The van der Waals surface area contributed by atoms with Crippen LogP contribution in [0.4, 0.5) is 24.7 Å². The molecule has 1 aliphatic rings. The number of benzene rings is 1. The van der Waals surface area contributed by atoms with Crippen molar-refractivity contribution in [1.29, 1.82) is 0 Å². The molecule has 1 fully saturated rings. The fourth-order valence-corrected chi connectivity index (χ4v) is 4.34. The maximum Gasteiger partial charge on any atom is 0.416 e. The van der Waals surface area contributed by atoms with Gasteiger partial charge in [0.1, 0.15) is 5.82 Å². The molecule has 0 radical (unpaired) electrons. The molecule has 3 rings (SSSR count). The van der Waals surface area contributed by atoms with E-state index in [1.54, 1.807) is 0 Å². The Morgan fingerprint density at radius 1 is 1.11 bits per heavy atom. The average molecular weight is 399 g/mol. The standard InChI is InChI=1S/C17H16F3N3O3S/c18-17(19,20)12-2-4-13(5-3-12)22-15-6-1-11(9-21-15)16(24)23-14-7-8-27(25,26)10-14/h1-6,9,14H,7-8,10H2,(H,21,22)(H,23,24). The first-order chi connectivity index (χ1) is 12.6. The number of carbonyl (C=O) groups excluding carboxylic acids is 1. The van der Waals surface area contributed by atoms with Gasteiger partial charge < -0.3 is 10.6 Å². The topological polar surface area (TPSA) is 88.2 Å². The number of nitrogens with zero attached hydrogens (tertiary/aromatic N) is 1. The molecule has 1 saturated heterocycles. The van der Waals surface area contributed by atoms with Gasteiger partial charge in [-0.2, -0.15) is 13.2 Å². The molecule has 10 heteroatoms. The number of aromatic nitrogens is 1. The smallest absolute Gasteiger partial charge is 0.348 e. The fourth-order valence-electron chi connectivity index (χ4n) is 2.67. The molecule has 0 saturated carbocycles. The molecule has 1 amide bonds. The Hall–Kier alpha value is -2.62. The number of sulfone groups is 1. The summed E-state index contributed by atoms with van der Waals surface area (Å²) >= 11 is 0. The first-order valence-corrected chi connectivity index (χ1v) is 9.86. The molecule has 6 nitrogen and oxygen atoms in total. The number of alkyl halides is 3. The van der Waals surface area contributed by atoms with E-state index in [0.29, 0.717) is 17.9 Å². The van der Waals surface area contributed by atoms with Gasteiger partial charge in [-0.25, -0.2) is 13.4 Å². The van der Waals surface area contributed by atoms with Gasteiger partial charge in [0.2, 0.25) is 0 Å². The Bertz CT molecular complexity index is 927. The summed E-state index contributed by atoms with van der Waals surface area (Å²) in [6.07, 6.45) is -2.70. The van der Waals surface area contributed by atoms with Crippen LogP contribution in [0, 0.1) is 0 Å². The molecule has 1 aromatic heterocycles. The van der Waals surface area contributed by atoms with E-state index < -0.39 is 33.5 Å². The second-order valence-corrected chi connectivity index (χ2v) is 8.43. The third-order valence-corrected chi connectivity index (χ3v) is 5.85. The van der Waals surface area contributed by atoms with Crippen LogP contribution in [-0.2, 0) is 16.0 Å². The highest BCUT2D eigenvalue weighted by Crippen LogP contribution is 2.30. The lowest BCUT2D eigenvalue weighted by Gasteiger charge is -2.11. The molecular weight excluding hydrogens is 383 g/mol. The molecule has 2 aromatic rings. The van der Waals surface area contributed by atoms with E-state index in [1.807, 2.05) is 0 Å². The van der Waals surface area contributed by atoms with E-state index in [9.17, 15) is 26.4 Å². The van der Waals surface area contributed by atoms with Crippen LogP contribution in [0.25, 0.3) is 0 Å². The highest BCUT2D eigenvalue weighted by atomic mass is 32.2. The third kappa shape index (κ3) is 4.97. The van der Waals surface area contributed by atoms with Crippen molar-refractivity contribution in [1.82, 2.24) is 10.3 Å². The van der Waals surface area contributed by atoms with E-state index in [2.05, 4.69) is 15.6 Å². The minimum atomic E-state index is -4.40. The second kappa shape index (κ2) is 7.18. The number of carbonyl (C=O) groups is 1. The van der Waals surface area contributed by atoms with Crippen molar-refractivity contribution < 1.29 is 26.4 Å². The Labute approximate surface area is 153 Å². The number of rotatable bonds is 4. The summed E-state index contributed by atoms with van der Waals surface area (Å²) in [5, 5.41) is 5.50. The SMILES string of the molecule is O=C(NC1CCS(=O)(=O)C1)c1ccc(Nc2ccc(C(F)(F)F)cc2)nc1. The second-order valence-electron chi connectivity index (χ2n) is 6.21. The zero-order chi connectivity index (χ0) is 19.7. The lowest BCUT2D eigenvalue weighted by molar-refractivity contribution is -0.137. The van der Waals surface area contributed by atoms with Crippen molar-refractivity contribution in [2.75, 3.05) is 16.8 Å². The molecule has 1 unspecified atom stereocenters. The lowest BCUT2D eigenvalue weighted by atomic mass is 10.2. The normalized spacial score (nSPS) is 18.9. The molecule has 1 atom stereocenters. The summed E-state index contributed by atoms with van der Waals surface area (Å²) in [6.45, 7) is 0. The molecule has 27 heavy (non-hydrogen) atoms. The van der Waals surface area contributed by atoms with Gasteiger partial charge >= 0.3 is 6.18 Å². The number of anilines is 2. The quantitative estimate of drug-likeness (QED) is 0.826. The number of hydrogen-bond donors (Lipinski definition) is 2. The van der Waals surface area contributed by atoms with Crippen LogP contribution in [0.3, 0.4) is 0 Å². The molecule has 0 spiro atoms. The minimum absolute atomic E-state index is 0.0617. The van der Waals surface area contributed by atoms with E-state index in [0.717, 1.165) is 12.1 Å². The van der Waals surface area contributed by atoms with Crippen LogP contribution >= 0.6 is 0 Å². The molecule has 2 heterocycles. The maximum absolute atomic E-state index is 12.6. The van der Waals surface area contributed by atoms with Gasteiger partial charge in [0.25, 0.3) is 5.91 Å². The van der Waals surface area contributed by atoms with Crippen molar-refractivity contribution in [2.24, 2.45) is 0 Å². The van der Waals surface area contributed by atoms with Crippen LogP contribution in [-0.4, -0.2) is 36.9 Å². The van der Waals surface area contributed by atoms with Gasteiger partial charge in [0, 0.05) is 17.9 Å². The summed E-state index contributed by atoms with van der Waals surface area (Å²) in [6, 6.07) is 7.08. The molecule has 0 bridgehead atoms. The van der Waals surface area contributed by atoms with Crippen LogP contribution in [0.1, 0.15) is 22.3 Å². The number of hydrogen-bond acceptors (Lipinski definition) is 5. The van der Waals surface area contributed by atoms with E-state index in [-0.39, 0.29) is 17.1 Å². The van der Waals surface area contributed by atoms with Crippen molar-refractivity contribution in [2.45, 2.75) is 18.6 Å². The highest BCUT2D eigenvalue weighted by Gasteiger charge is 2.30. The van der Waals surface area contributed by atoms with E-state index >= 15 is 0 Å². The zero-order valence-electron chi connectivity index (χ0n) is 14.0. The Morgan fingerprint density at radius 3 is 2.33 bits per heavy atom. The van der Waals surface area contributed by atoms with Gasteiger partial charge in [0.15, 0.2) is 9.84 Å². The van der Waals surface area contributed by atoms with Crippen LogP contribution < -0.4 is 10.6 Å². The summed E-state index contributed by atoms with van der Waals surface area (Å²) < 4.78 is 60.5. The van der Waals surface area contributed by atoms with Crippen molar-refractivity contribution in [3.63, 3.8) is 0 Å². The highest BCUT2D eigenvalue weighted by molar-refractivity contribution is 7.91. The molecular formula is C17H16F3N3O3S. The van der Waals surface area contributed by atoms with Crippen LogP contribution in [0.2, 0.25) is 0 Å². The molecule has 144 valence electrons. The monoisotopic (exact) mass is 399 g/mol. The number of pyridine rings is 1. The average Bonchev–Trinajstić information content (AvgIpc) is 2.93. The first-order valence-electron chi connectivity index (χ1n) is 8.04. The lowest BCUT2D eigenvalue weighted by Crippen LogP contribution is -2.35. The molecule has 0 aliphatic carbocycles. The zero-order valence-corrected chi connectivity index (χ0v) is 14.8. The summed E-state index contributed by atoms with van der Waals surface area (Å²) in [5.41, 5.74) is -0.0666. The first kappa shape index (κ1) is 19.2. The van der Waals surface area contributed by atoms with Crippen molar-refractivity contribution in [3.8, 4) is 0 Å². The van der Waals surface area contributed by atoms with E-state index in [4.69, 9.17) is 0 Å². The summed E-state index contributed by atoms with van der Waals surface area (Å²) in [4.78, 5) is 16.2. The number of nitrogens with one attached hydrogen (secondary N) is 2. The van der Waals surface area contributed by atoms with Crippen LogP contribution in [0.15, 0.2) is 42.6 Å². The Morgan fingerprint density at radius 2 is 1.81 bits per heavy atom. The summed E-state index contributed by atoms with van der Waals surface area (Å²) in [5.74, 6) is -0.0771. The van der Waals surface area contributed by atoms with Crippen LogP contribution in [0.5, 0.6) is 0 Å². The molecule has 1 aliphatic heterocycles. The minimum Gasteiger partial charge on any atom is -0.348 e. The van der Waals surface area contributed by atoms with Crippen molar-refractivity contribution in [3.05, 3.63) is 53.7 Å². The third-order valence-electron chi connectivity index (χ3n) is 4.08. The predicted octanol–water partition coefficient (Wildman–Crippen LogP) is 2.76. The number of halogens is 3. The van der Waals surface area contributed by atoms with Gasteiger partial charge in [-0.3, -0.25) is 4.79 Å². The maximum atomic E-state index is 12.6. The molecule has 2 N–H and O–H groups in total. The largest absolute Gasteiger partial charge is 0.416 e. The fraction of sp³-hybridized carbons (Fsp3) is 0.294. The van der Waals surface area contributed by atoms with Gasteiger partial charge in [-0.1, -0.05) is 0 Å². The summed E-state index contributed by atoms with van der Waals surface area (Å²) in [7, 11) is -3.09. The number of amides is 1. The van der Waals surface area contributed by atoms with Gasteiger partial charge in [0.05, 0.1) is 22.6 Å². The van der Waals surface area contributed by atoms with Crippen molar-refractivity contribution >= 4 is 27.2 Å². The Balaban J connectivity index is 1.61.